The summed E-state index contributed by atoms with van der Waals surface area (Å²) < 4.78 is 5.55. The molecule has 4 nitrogen and oxygen atoms in total. The second-order valence-corrected chi connectivity index (χ2v) is 3.65. The van der Waals surface area contributed by atoms with Gasteiger partial charge in [-0.2, -0.15) is 0 Å². The zero-order chi connectivity index (χ0) is 11.4. The summed E-state index contributed by atoms with van der Waals surface area (Å²) >= 11 is 0. The lowest BCUT2D eigenvalue weighted by molar-refractivity contribution is 0.241. The lowest BCUT2D eigenvalue weighted by Crippen LogP contribution is -2.17. The molecule has 4 heteroatoms. The number of benzene rings is 1. The number of nitrogens with zero attached hydrogens (tertiary/aromatic N) is 1. The third-order valence-corrected chi connectivity index (χ3v) is 1.88. The zero-order valence-corrected chi connectivity index (χ0v) is 9.19. The minimum atomic E-state index is 0.0537. The molecule has 0 aliphatic carbocycles. The Morgan fingerprint density at radius 2 is 2.13 bits per heavy atom. The molecule has 0 atom stereocenters. The molecule has 0 radical (unpaired) electrons. The molecule has 0 spiro atoms. The molecule has 0 saturated carbocycles. The van der Waals surface area contributed by atoms with Gasteiger partial charge in [0.25, 0.3) is 0 Å². The summed E-state index contributed by atoms with van der Waals surface area (Å²) in [5.41, 5.74) is 7.21. The Labute approximate surface area is 89.4 Å². The Hall–Kier alpha value is -1.71. The molecule has 82 valence electrons. The molecule has 0 aliphatic heterocycles. The number of aryl methyl sites for hydroxylation is 1. The summed E-state index contributed by atoms with van der Waals surface area (Å²) in [7, 11) is 0. The number of rotatable bonds is 3. The summed E-state index contributed by atoms with van der Waals surface area (Å²) in [5, 5.41) is 11.6. The van der Waals surface area contributed by atoms with Crippen LogP contribution < -0.4 is 10.5 Å². The Morgan fingerprint density at radius 3 is 2.67 bits per heavy atom. The maximum Gasteiger partial charge on any atom is 0.173 e. The first kappa shape index (κ1) is 11.4. The minimum absolute atomic E-state index is 0.0537. The molecular weight excluding hydrogens is 192 g/mol. The molecule has 0 amide bonds. The van der Waals surface area contributed by atoms with Gasteiger partial charge in [0.05, 0.1) is 11.7 Å². The fourth-order valence-electron chi connectivity index (χ4n) is 1.25. The van der Waals surface area contributed by atoms with Gasteiger partial charge in [0, 0.05) is 0 Å². The fraction of sp³-hybridized carbons (Fsp3) is 0.364. The molecule has 1 aromatic carbocycles. The summed E-state index contributed by atoms with van der Waals surface area (Å²) in [5.74, 6) is 0.695. The van der Waals surface area contributed by atoms with E-state index in [1.54, 1.807) is 0 Å². The van der Waals surface area contributed by atoms with E-state index >= 15 is 0 Å². The average molecular weight is 208 g/mol. The van der Waals surface area contributed by atoms with Crippen molar-refractivity contribution in [3.8, 4) is 5.75 Å². The zero-order valence-electron chi connectivity index (χ0n) is 9.19. The predicted molar refractivity (Wildman–Crippen MR) is 59.5 cm³/mol. The van der Waals surface area contributed by atoms with Crippen LogP contribution in [0.5, 0.6) is 5.75 Å². The van der Waals surface area contributed by atoms with Gasteiger partial charge in [-0.1, -0.05) is 16.8 Å². The molecular formula is C11H16N2O2. The third-order valence-electron chi connectivity index (χ3n) is 1.88. The smallest absolute Gasteiger partial charge is 0.173 e. The van der Waals surface area contributed by atoms with Crippen molar-refractivity contribution in [2.45, 2.75) is 26.9 Å². The minimum Gasteiger partial charge on any atom is -0.490 e. The molecule has 1 rings (SSSR count). The molecule has 3 N–H and O–H groups in total. The van der Waals surface area contributed by atoms with Crippen LogP contribution in [-0.2, 0) is 0 Å². The molecule has 0 aliphatic rings. The van der Waals surface area contributed by atoms with Gasteiger partial charge in [-0.15, -0.1) is 0 Å². The molecule has 0 aromatic heterocycles. The quantitative estimate of drug-likeness (QED) is 0.345. The molecule has 0 unspecified atom stereocenters. The first-order chi connectivity index (χ1) is 7.04. The molecule has 0 saturated heterocycles. The number of hydrogen-bond donors (Lipinski definition) is 2. The molecule has 15 heavy (non-hydrogen) atoms. The molecule has 1 aromatic rings. The van der Waals surface area contributed by atoms with E-state index in [2.05, 4.69) is 5.16 Å². The third kappa shape index (κ3) is 2.87. The van der Waals surface area contributed by atoms with E-state index in [0.29, 0.717) is 11.3 Å². The van der Waals surface area contributed by atoms with E-state index in [1.165, 1.54) is 0 Å². The van der Waals surface area contributed by atoms with Gasteiger partial charge in [-0.3, -0.25) is 0 Å². The van der Waals surface area contributed by atoms with E-state index in [1.807, 2.05) is 39.0 Å². The van der Waals surface area contributed by atoms with Gasteiger partial charge in [0.15, 0.2) is 5.84 Å². The number of nitrogens with two attached hydrogens (primary N) is 1. The first-order valence-electron chi connectivity index (χ1n) is 4.79. The van der Waals surface area contributed by atoms with Gasteiger partial charge in [-0.25, -0.2) is 0 Å². The Balaban J connectivity index is 3.14. The van der Waals surface area contributed by atoms with Crippen LogP contribution >= 0.6 is 0 Å². The predicted octanol–water partition coefficient (Wildman–Crippen LogP) is 1.88. The van der Waals surface area contributed by atoms with Crippen molar-refractivity contribution in [3.63, 3.8) is 0 Å². The van der Waals surface area contributed by atoms with Crippen molar-refractivity contribution in [2.75, 3.05) is 0 Å². The van der Waals surface area contributed by atoms with Crippen molar-refractivity contribution < 1.29 is 9.94 Å². The number of amidine groups is 1. The second kappa shape index (κ2) is 4.68. The van der Waals surface area contributed by atoms with Crippen LogP contribution in [-0.4, -0.2) is 17.1 Å². The van der Waals surface area contributed by atoms with E-state index in [0.717, 1.165) is 5.56 Å². The van der Waals surface area contributed by atoms with Crippen molar-refractivity contribution in [1.29, 1.82) is 0 Å². The van der Waals surface area contributed by atoms with Gasteiger partial charge >= 0.3 is 0 Å². The summed E-state index contributed by atoms with van der Waals surface area (Å²) in [6, 6.07) is 5.57. The van der Waals surface area contributed by atoms with Crippen LogP contribution in [0, 0.1) is 6.92 Å². The molecule has 0 fully saturated rings. The van der Waals surface area contributed by atoms with Crippen LogP contribution in [0.25, 0.3) is 0 Å². The summed E-state index contributed by atoms with van der Waals surface area (Å²) in [6.45, 7) is 5.79. The van der Waals surface area contributed by atoms with E-state index in [9.17, 15) is 0 Å². The highest BCUT2D eigenvalue weighted by Crippen LogP contribution is 2.20. The van der Waals surface area contributed by atoms with E-state index in [-0.39, 0.29) is 11.9 Å². The second-order valence-electron chi connectivity index (χ2n) is 3.65. The van der Waals surface area contributed by atoms with Gasteiger partial charge < -0.3 is 15.7 Å². The van der Waals surface area contributed by atoms with Gasteiger partial charge in [-0.05, 0) is 32.9 Å². The largest absolute Gasteiger partial charge is 0.490 e. The van der Waals surface area contributed by atoms with Crippen molar-refractivity contribution >= 4 is 5.84 Å². The monoisotopic (exact) mass is 208 g/mol. The topological polar surface area (TPSA) is 67.8 Å². The Kier molecular flexibility index (Phi) is 3.55. The van der Waals surface area contributed by atoms with Crippen molar-refractivity contribution in [3.05, 3.63) is 29.3 Å². The van der Waals surface area contributed by atoms with Crippen LogP contribution in [0.4, 0.5) is 0 Å². The highest BCUT2D eigenvalue weighted by atomic mass is 16.5. The van der Waals surface area contributed by atoms with Gasteiger partial charge in [0.2, 0.25) is 0 Å². The molecule has 0 bridgehead atoms. The van der Waals surface area contributed by atoms with E-state index < -0.39 is 0 Å². The lowest BCUT2D eigenvalue weighted by Gasteiger charge is -2.13. The Bertz CT molecular complexity index is 373. The van der Waals surface area contributed by atoms with Crippen LogP contribution in [0.15, 0.2) is 23.4 Å². The lowest BCUT2D eigenvalue weighted by atomic mass is 10.1. The van der Waals surface area contributed by atoms with E-state index in [4.69, 9.17) is 15.7 Å². The average Bonchev–Trinajstić information content (AvgIpc) is 2.19. The van der Waals surface area contributed by atoms with Gasteiger partial charge in [0.1, 0.15) is 5.75 Å². The van der Waals surface area contributed by atoms with Crippen LogP contribution in [0.3, 0.4) is 0 Å². The van der Waals surface area contributed by atoms with Crippen molar-refractivity contribution in [2.24, 2.45) is 10.9 Å². The first-order valence-corrected chi connectivity index (χ1v) is 4.79. The van der Waals surface area contributed by atoms with Crippen LogP contribution in [0.1, 0.15) is 25.0 Å². The Morgan fingerprint density at radius 1 is 1.47 bits per heavy atom. The highest BCUT2D eigenvalue weighted by molar-refractivity contribution is 5.99. The maximum atomic E-state index is 8.65. The standard InChI is InChI=1S/C11H16N2O2/c1-7(2)15-10-5-4-8(3)6-9(10)11(12)13-14/h4-7,14H,1-3H3,(H2,12,13). The fourth-order valence-corrected chi connectivity index (χ4v) is 1.25. The molecule has 0 heterocycles. The summed E-state index contributed by atoms with van der Waals surface area (Å²) in [4.78, 5) is 0. The van der Waals surface area contributed by atoms with Crippen molar-refractivity contribution in [1.82, 2.24) is 0 Å². The highest BCUT2D eigenvalue weighted by Gasteiger charge is 2.09. The SMILES string of the molecule is Cc1ccc(OC(C)C)c(/C(N)=N/O)c1. The number of hydrogen-bond acceptors (Lipinski definition) is 3. The summed E-state index contributed by atoms with van der Waals surface area (Å²) in [6.07, 6.45) is 0.0537. The number of oxime groups is 1. The normalized spacial score (nSPS) is 11.9. The number of ether oxygens (including phenoxy) is 1. The maximum absolute atomic E-state index is 8.65. The van der Waals surface area contributed by atoms with Crippen LogP contribution in [0.2, 0.25) is 0 Å².